The number of carbonyl (C=O) groups excluding carboxylic acids is 1. The number of rotatable bonds is 3. The zero-order chi connectivity index (χ0) is 10.1. The summed E-state index contributed by atoms with van der Waals surface area (Å²) in [4.78, 5) is 14.8. The van der Waals surface area contributed by atoms with Crippen LogP contribution < -0.4 is 10.5 Å². The van der Waals surface area contributed by atoms with Crippen molar-refractivity contribution < 1.29 is 9.53 Å². The lowest BCUT2D eigenvalue weighted by Gasteiger charge is -2.06. The average molecular weight is 257 g/mol. The van der Waals surface area contributed by atoms with E-state index < -0.39 is 5.91 Å². The fourth-order valence-corrected chi connectivity index (χ4v) is 1.43. The lowest BCUT2D eigenvalue weighted by atomic mass is 10.3. The number of carbonyl (C=O) groups is 1. The van der Waals surface area contributed by atoms with E-state index in [2.05, 4.69) is 20.9 Å². The van der Waals surface area contributed by atoms with E-state index >= 15 is 0 Å². The Morgan fingerprint density at radius 2 is 2.29 bits per heavy atom. The minimum absolute atomic E-state index is 0.236. The lowest BCUT2D eigenvalue weighted by Crippen LogP contribution is -2.13. The van der Waals surface area contributed by atoms with Crippen molar-refractivity contribution in [3.63, 3.8) is 0 Å². The maximum Gasteiger partial charge on any atom is 0.267 e. The van der Waals surface area contributed by atoms with Crippen LogP contribution in [0.1, 0.15) is 23.3 Å². The van der Waals surface area contributed by atoms with E-state index in [0.717, 1.165) is 12.8 Å². The Bertz CT molecular complexity index is 377. The third-order valence-corrected chi connectivity index (χ3v) is 2.45. The van der Waals surface area contributed by atoms with Gasteiger partial charge in [-0.05, 0) is 40.9 Å². The standard InChI is InChI=1S/C9H9BrN2O2/c10-8-7(14-5-1-2-5)4-3-6(12-8)9(11)13/h3-5H,1-2H2,(H2,11,13). The summed E-state index contributed by atoms with van der Waals surface area (Å²) < 4.78 is 6.06. The second-order valence-electron chi connectivity index (χ2n) is 3.17. The molecule has 2 rings (SSSR count). The van der Waals surface area contributed by atoms with Gasteiger partial charge in [-0.3, -0.25) is 4.79 Å². The van der Waals surface area contributed by atoms with Crippen LogP contribution in [0.25, 0.3) is 0 Å². The van der Waals surface area contributed by atoms with Crippen molar-refractivity contribution in [2.75, 3.05) is 0 Å². The van der Waals surface area contributed by atoms with Gasteiger partial charge in [0, 0.05) is 0 Å². The minimum Gasteiger partial charge on any atom is -0.488 e. The number of hydrogen-bond acceptors (Lipinski definition) is 3. The number of ether oxygens (including phenoxy) is 1. The molecule has 1 amide bonds. The molecule has 0 spiro atoms. The van der Waals surface area contributed by atoms with Crippen LogP contribution in [-0.4, -0.2) is 17.0 Å². The van der Waals surface area contributed by atoms with Gasteiger partial charge in [-0.15, -0.1) is 0 Å². The highest BCUT2D eigenvalue weighted by Gasteiger charge is 2.24. The number of primary amides is 1. The maximum atomic E-state index is 10.8. The summed E-state index contributed by atoms with van der Waals surface area (Å²) in [6, 6.07) is 3.26. The topological polar surface area (TPSA) is 65.2 Å². The van der Waals surface area contributed by atoms with Crippen molar-refractivity contribution in [2.24, 2.45) is 5.73 Å². The number of aromatic nitrogens is 1. The van der Waals surface area contributed by atoms with Gasteiger partial charge in [0.25, 0.3) is 5.91 Å². The van der Waals surface area contributed by atoms with E-state index in [0.29, 0.717) is 16.5 Å². The van der Waals surface area contributed by atoms with Crippen molar-refractivity contribution in [3.8, 4) is 5.75 Å². The molecule has 1 aliphatic carbocycles. The zero-order valence-electron chi connectivity index (χ0n) is 7.37. The molecule has 0 unspecified atom stereocenters. The van der Waals surface area contributed by atoms with Crippen LogP contribution >= 0.6 is 15.9 Å². The summed E-state index contributed by atoms with van der Waals surface area (Å²) in [5.74, 6) is 0.126. The van der Waals surface area contributed by atoms with E-state index in [4.69, 9.17) is 10.5 Å². The number of hydrogen-bond donors (Lipinski definition) is 1. The van der Waals surface area contributed by atoms with E-state index in [9.17, 15) is 4.79 Å². The maximum absolute atomic E-state index is 10.8. The average Bonchev–Trinajstić information content (AvgIpc) is 2.92. The molecule has 1 fully saturated rings. The Morgan fingerprint density at radius 3 is 2.79 bits per heavy atom. The normalized spacial score (nSPS) is 15.2. The largest absolute Gasteiger partial charge is 0.488 e. The molecule has 1 heterocycles. The highest BCUT2D eigenvalue weighted by atomic mass is 79.9. The molecule has 14 heavy (non-hydrogen) atoms. The summed E-state index contributed by atoms with van der Waals surface area (Å²) >= 11 is 3.23. The molecule has 74 valence electrons. The smallest absolute Gasteiger partial charge is 0.267 e. The van der Waals surface area contributed by atoms with Gasteiger partial charge in [-0.2, -0.15) is 0 Å². The summed E-state index contributed by atoms with van der Waals surface area (Å²) in [6.07, 6.45) is 2.49. The van der Waals surface area contributed by atoms with Gasteiger partial charge in [0.05, 0.1) is 6.10 Å². The highest BCUT2D eigenvalue weighted by molar-refractivity contribution is 9.10. The summed E-state index contributed by atoms with van der Waals surface area (Å²) in [5.41, 5.74) is 5.32. The first-order chi connectivity index (χ1) is 6.66. The molecular weight excluding hydrogens is 248 g/mol. The molecule has 2 N–H and O–H groups in total. The zero-order valence-corrected chi connectivity index (χ0v) is 8.95. The predicted octanol–water partition coefficient (Wildman–Crippen LogP) is 1.48. The second kappa shape index (κ2) is 3.57. The van der Waals surface area contributed by atoms with Gasteiger partial charge >= 0.3 is 0 Å². The second-order valence-corrected chi connectivity index (χ2v) is 3.92. The van der Waals surface area contributed by atoms with Crippen molar-refractivity contribution in [2.45, 2.75) is 18.9 Å². The first-order valence-electron chi connectivity index (χ1n) is 4.30. The molecule has 1 aliphatic rings. The van der Waals surface area contributed by atoms with Gasteiger partial charge in [0.1, 0.15) is 10.3 Å². The van der Waals surface area contributed by atoms with Crippen molar-refractivity contribution in [3.05, 3.63) is 22.4 Å². The van der Waals surface area contributed by atoms with Crippen molar-refractivity contribution in [1.82, 2.24) is 4.98 Å². The summed E-state index contributed by atoms with van der Waals surface area (Å²) in [6.45, 7) is 0. The quantitative estimate of drug-likeness (QED) is 0.834. The number of nitrogens with zero attached hydrogens (tertiary/aromatic N) is 1. The van der Waals surface area contributed by atoms with Gasteiger partial charge in [-0.25, -0.2) is 4.98 Å². The number of halogens is 1. The molecule has 1 saturated carbocycles. The molecule has 0 aliphatic heterocycles. The summed E-state index contributed by atoms with van der Waals surface area (Å²) in [7, 11) is 0. The fourth-order valence-electron chi connectivity index (χ4n) is 1.01. The van der Waals surface area contributed by atoms with Crippen LogP contribution in [0.2, 0.25) is 0 Å². The third-order valence-electron chi connectivity index (χ3n) is 1.88. The van der Waals surface area contributed by atoms with E-state index in [1.165, 1.54) is 0 Å². The fraction of sp³-hybridized carbons (Fsp3) is 0.333. The Balaban J connectivity index is 2.21. The van der Waals surface area contributed by atoms with Crippen LogP contribution in [0.3, 0.4) is 0 Å². The Labute approximate surface area is 89.6 Å². The van der Waals surface area contributed by atoms with Crippen LogP contribution in [0, 0.1) is 0 Å². The molecule has 1 aromatic heterocycles. The van der Waals surface area contributed by atoms with Crippen molar-refractivity contribution >= 4 is 21.8 Å². The predicted molar refractivity (Wildman–Crippen MR) is 54.1 cm³/mol. The number of amides is 1. The van der Waals surface area contributed by atoms with Crippen LogP contribution in [0.15, 0.2) is 16.7 Å². The highest BCUT2D eigenvalue weighted by Crippen LogP contribution is 2.30. The lowest BCUT2D eigenvalue weighted by molar-refractivity contribution is 0.0995. The van der Waals surface area contributed by atoms with Crippen LogP contribution in [-0.2, 0) is 0 Å². The molecular formula is C9H9BrN2O2. The Morgan fingerprint density at radius 1 is 1.57 bits per heavy atom. The molecule has 0 radical (unpaired) electrons. The first kappa shape index (κ1) is 9.45. The first-order valence-corrected chi connectivity index (χ1v) is 5.09. The molecule has 5 heteroatoms. The minimum atomic E-state index is -0.538. The summed E-state index contributed by atoms with van der Waals surface area (Å²) in [5, 5.41) is 0. The molecule has 1 aromatic rings. The number of nitrogens with two attached hydrogens (primary N) is 1. The van der Waals surface area contributed by atoms with Gasteiger partial charge in [0.2, 0.25) is 0 Å². The van der Waals surface area contributed by atoms with Gasteiger partial charge < -0.3 is 10.5 Å². The molecule has 0 atom stereocenters. The van der Waals surface area contributed by atoms with Crippen LogP contribution in [0.5, 0.6) is 5.75 Å². The monoisotopic (exact) mass is 256 g/mol. The Kier molecular flexibility index (Phi) is 2.41. The molecule has 4 nitrogen and oxygen atoms in total. The molecule has 0 saturated heterocycles. The van der Waals surface area contributed by atoms with E-state index in [1.807, 2.05) is 0 Å². The number of pyridine rings is 1. The van der Waals surface area contributed by atoms with Crippen LogP contribution in [0.4, 0.5) is 0 Å². The van der Waals surface area contributed by atoms with Crippen molar-refractivity contribution in [1.29, 1.82) is 0 Å². The van der Waals surface area contributed by atoms with Gasteiger partial charge in [0.15, 0.2) is 5.75 Å². The van der Waals surface area contributed by atoms with Gasteiger partial charge in [-0.1, -0.05) is 0 Å². The molecule has 0 aromatic carbocycles. The van der Waals surface area contributed by atoms with E-state index in [-0.39, 0.29) is 5.69 Å². The third kappa shape index (κ3) is 2.04. The molecule has 0 bridgehead atoms. The Hall–Kier alpha value is -1.10. The van der Waals surface area contributed by atoms with E-state index in [1.54, 1.807) is 12.1 Å². The SMILES string of the molecule is NC(=O)c1ccc(OC2CC2)c(Br)n1.